The Labute approximate surface area is 144 Å². The maximum atomic E-state index is 12.6. The molecule has 0 spiro atoms. The summed E-state index contributed by atoms with van der Waals surface area (Å²) in [6.07, 6.45) is -2.47. The Bertz CT molecular complexity index is 935. The van der Waals surface area contributed by atoms with Gasteiger partial charge >= 0.3 is 12.1 Å². The zero-order chi connectivity index (χ0) is 18.3. The third kappa shape index (κ3) is 2.83. The van der Waals surface area contributed by atoms with Crippen molar-refractivity contribution in [3.8, 4) is 11.5 Å². The lowest BCUT2D eigenvalue weighted by Crippen LogP contribution is -2.28. The Morgan fingerprint density at radius 1 is 1.23 bits per heavy atom. The molecule has 1 atom stereocenters. The molecule has 1 unspecified atom stereocenters. The fraction of sp³-hybridized carbons (Fsp3) is 0.250. The number of hydrogen-bond donors (Lipinski definition) is 1. The zero-order valence-corrected chi connectivity index (χ0v) is 13.2. The normalized spacial score (nSPS) is 17.9. The molecule has 1 fully saturated rings. The molecule has 1 aromatic carbocycles. The molecule has 3 heterocycles. The van der Waals surface area contributed by atoms with Crippen molar-refractivity contribution in [1.82, 2.24) is 20.1 Å². The standard InChI is InChI=1S/C16H12F3N5O2/c17-16(18,19)14-22-13(23-26-14)10-8-20-15(21-10)24-11(6-7-12(24)25)9-4-2-1-3-5-9/h1-5,8,11H,6-7H2,(H,20,21). The second-order valence-electron chi connectivity index (χ2n) is 5.77. The van der Waals surface area contributed by atoms with Crippen LogP contribution < -0.4 is 4.90 Å². The molecule has 0 radical (unpaired) electrons. The average Bonchev–Trinajstić information content (AvgIpc) is 3.33. The van der Waals surface area contributed by atoms with Crippen molar-refractivity contribution in [2.75, 3.05) is 4.90 Å². The van der Waals surface area contributed by atoms with Crippen LogP contribution in [0.25, 0.3) is 11.5 Å². The van der Waals surface area contributed by atoms with E-state index < -0.39 is 12.1 Å². The van der Waals surface area contributed by atoms with E-state index in [4.69, 9.17) is 0 Å². The van der Waals surface area contributed by atoms with E-state index in [9.17, 15) is 18.0 Å². The van der Waals surface area contributed by atoms with Crippen LogP contribution in [-0.4, -0.2) is 26.0 Å². The number of anilines is 1. The van der Waals surface area contributed by atoms with Gasteiger partial charge in [0, 0.05) is 6.42 Å². The third-order valence-corrected chi connectivity index (χ3v) is 4.10. The molecule has 1 aliphatic heterocycles. The van der Waals surface area contributed by atoms with Gasteiger partial charge in [-0.05, 0) is 12.0 Å². The molecule has 134 valence electrons. The first kappa shape index (κ1) is 16.3. The molecule has 0 bridgehead atoms. The summed E-state index contributed by atoms with van der Waals surface area (Å²) in [5.74, 6) is -1.61. The summed E-state index contributed by atoms with van der Waals surface area (Å²) >= 11 is 0. The van der Waals surface area contributed by atoms with Crippen LogP contribution in [0.2, 0.25) is 0 Å². The van der Waals surface area contributed by atoms with Crippen molar-refractivity contribution in [3.63, 3.8) is 0 Å². The summed E-state index contributed by atoms with van der Waals surface area (Å²) in [7, 11) is 0. The molecule has 10 heteroatoms. The number of carbonyl (C=O) groups excluding carboxylic acids is 1. The molecule has 1 saturated heterocycles. The van der Waals surface area contributed by atoms with Crippen LogP contribution >= 0.6 is 0 Å². The molecular formula is C16H12F3N5O2. The van der Waals surface area contributed by atoms with Crippen LogP contribution in [0.4, 0.5) is 19.1 Å². The van der Waals surface area contributed by atoms with Gasteiger partial charge in [0.2, 0.25) is 17.7 Å². The maximum absolute atomic E-state index is 12.6. The average molecular weight is 363 g/mol. The second kappa shape index (κ2) is 5.97. The third-order valence-electron chi connectivity index (χ3n) is 4.10. The molecule has 3 aromatic rings. The van der Waals surface area contributed by atoms with E-state index >= 15 is 0 Å². The van der Waals surface area contributed by atoms with Crippen molar-refractivity contribution in [2.24, 2.45) is 0 Å². The van der Waals surface area contributed by atoms with Crippen LogP contribution in [0.5, 0.6) is 0 Å². The molecule has 4 rings (SSSR count). The number of halogens is 3. The molecule has 0 aliphatic carbocycles. The van der Waals surface area contributed by atoms with E-state index in [-0.39, 0.29) is 29.4 Å². The number of amides is 1. The minimum atomic E-state index is -4.72. The Balaban J connectivity index is 1.64. The number of H-pyrrole nitrogens is 1. The predicted octanol–water partition coefficient (Wildman–Crippen LogP) is 3.35. The number of nitrogens with one attached hydrogen (secondary N) is 1. The predicted molar refractivity (Wildman–Crippen MR) is 82.8 cm³/mol. The lowest BCUT2D eigenvalue weighted by Gasteiger charge is -2.22. The van der Waals surface area contributed by atoms with E-state index in [1.165, 1.54) is 11.1 Å². The van der Waals surface area contributed by atoms with E-state index in [2.05, 4.69) is 24.6 Å². The van der Waals surface area contributed by atoms with E-state index in [0.29, 0.717) is 12.8 Å². The Morgan fingerprint density at radius 3 is 2.69 bits per heavy atom. The van der Waals surface area contributed by atoms with Gasteiger partial charge in [-0.25, -0.2) is 4.98 Å². The van der Waals surface area contributed by atoms with Crippen LogP contribution in [0.3, 0.4) is 0 Å². The number of benzene rings is 1. The Morgan fingerprint density at radius 2 is 2.00 bits per heavy atom. The summed E-state index contributed by atoms with van der Waals surface area (Å²) in [5, 5.41) is 3.31. The number of imidazole rings is 1. The lowest BCUT2D eigenvalue weighted by molar-refractivity contribution is -0.159. The Hall–Kier alpha value is -3.17. The van der Waals surface area contributed by atoms with Gasteiger partial charge in [-0.1, -0.05) is 35.5 Å². The molecule has 7 nitrogen and oxygen atoms in total. The highest BCUT2D eigenvalue weighted by Crippen LogP contribution is 2.36. The van der Waals surface area contributed by atoms with Crippen molar-refractivity contribution >= 4 is 11.9 Å². The number of aromatic nitrogens is 4. The molecule has 1 aliphatic rings. The van der Waals surface area contributed by atoms with Gasteiger partial charge in [-0.15, -0.1) is 0 Å². The molecule has 1 N–H and O–H groups in total. The maximum Gasteiger partial charge on any atom is 0.471 e. The quantitative estimate of drug-likeness (QED) is 0.771. The zero-order valence-electron chi connectivity index (χ0n) is 13.2. The van der Waals surface area contributed by atoms with Gasteiger partial charge in [-0.3, -0.25) is 9.69 Å². The number of carbonyl (C=O) groups is 1. The van der Waals surface area contributed by atoms with Gasteiger partial charge in [-0.2, -0.15) is 18.2 Å². The summed E-state index contributed by atoms with van der Waals surface area (Å²) in [6, 6.07) is 9.26. The van der Waals surface area contributed by atoms with Gasteiger partial charge in [0.25, 0.3) is 0 Å². The summed E-state index contributed by atoms with van der Waals surface area (Å²) in [5.41, 5.74) is 1.08. The lowest BCUT2D eigenvalue weighted by atomic mass is 10.1. The van der Waals surface area contributed by atoms with E-state index in [1.807, 2.05) is 30.3 Å². The molecule has 26 heavy (non-hydrogen) atoms. The highest BCUT2D eigenvalue weighted by atomic mass is 19.4. The monoisotopic (exact) mass is 363 g/mol. The number of alkyl halides is 3. The van der Waals surface area contributed by atoms with Crippen molar-refractivity contribution in [2.45, 2.75) is 25.1 Å². The number of rotatable bonds is 3. The van der Waals surface area contributed by atoms with Crippen LogP contribution in [-0.2, 0) is 11.0 Å². The number of nitrogens with zero attached hydrogens (tertiary/aromatic N) is 4. The number of aromatic amines is 1. The molecule has 0 saturated carbocycles. The smallest absolute Gasteiger partial charge is 0.329 e. The van der Waals surface area contributed by atoms with E-state index in [0.717, 1.165) is 5.56 Å². The minimum Gasteiger partial charge on any atom is -0.329 e. The first-order chi connectivity index (χ1) is 12.4. The van der Waals surface area contributed by atoms with Crippen LogP contribution in [0.1, 0.15) is 30.3 Å². The minimum absolute atomic E-state index is 0.121. The largest absolute Gasteiger partial charge is 0.471 e. The summed E-state index contributed by atoms with van der Waals surface area (Å²) < 4.78 is 42.0. The van der Waals surface area contributed by atoms with Crippen molar-refractivity contribution < 1.29 is 22.5 Å². The molecule has 2 aromatic heterocycles. The fourth-order valence-corrected chi connectivity index (χ4v) is 2.93. The highest BCUT2D eigenvalue weighted by Gasteiger charge is 2.39. The number of hydrogen-bond acceptors (Lipinski definition) is 5. The van der Waals surface area contributed by atoms with Gasteiger partial charge in [0.05, 0.1) is 12.2 Å². The first-order valence-corrected chi connectivity index (χ1v) is 7.77. The summed E-state index contributed by atoms with van der Waals surface area (Å²) in [4.78, 5) is 24.0. The first-order valence-electron chi connectivity index (χ1n) is 7.77. The van der Waals surface area contributed by atoms with Gasteiger partial charge in [0.15, 0.2) is 0 Å². The SMILES string of the molecule is O=C1CCC(c2ccccc2)N1c1ncc(-c2noc(C(F)(F)F)n2)[nH]1. The highest BCUT2D eigenvalue weighted by molar-refractivity contribution is 5.95. The van der Waals surface area contributed by atoms with Gasteiger partial charge < -0.3 is 9.51 Å². The van der Waals surface area contributed by atoms with Crippen LogP contribution in [0.15, 0.2) is 41.1 Å². The molecular weight excluding hydrogens is 351 g/mol. The fourth-order valence-electron chi connectivity index (χ4n) is 2.93. The van der Waals surface area contributed by atoms with Crippen molar-refractivity contribution in [1.29, 1.82) is 0 Å². The summed E-state index contributed by atoms with van der Waals surface area (Å²) in [6.45, 7) is 0. The van der Waals surface area contributed by atoms with Crippen molar-refractivity contribution in [3.05, 3.63) is 48.0 Å². The topological polar surface area (TPSA) is 87.9 Å². The second-order valence-corrected chi connectivity index (χ2v) is 5.77. The van der Waals surface area contributed by atoms with Crippen LogP contribution in [0, 0.1) is 0 Å². The van der Waals surface area contributed by atoms with Gasteiger partial charge in [0.1, 0.15) is 5.69 Å². The molecule has 1 amide bonds. The van der Waals surface area contributed by atoms with E-state index in [1.54, 1.807) is 0 Å². The Kier molecular flexibility index (Phi) is 3.74.